The van der Waals surface area contributed by atoms with E-state index in [0.717, 1.165) is 66.8 Å². The van der Waals surface area contributed by atoms with Crippen LogP contribution in [0.3, 0.4) is 0 Å². The standard InChI is InChI=1S/C60H52N2O4.2C7H7.2C2H6.Zr/c1-39-33-43(55(63)53(35-39)59(57(65)41-19-7-5-8-20-41)49-27-15-11-23-45(49)46-24-12-16-28-50(46)59)37-62(32-31-61(3)4)38-44-34-40(2)36-54(56(44)64)60(58(66)42-21-9-6-10-22-42)51-29-17-13-25-47(51)48-26-14-18-30-52(48)60;2*1-7-5-3-2-4-6-7;2*1-2;/h5-30,33-36,63-64H,31-32,37-38H2,1-4H3;2*2-6H,1H2;2*1-2H3;/q;2*-1;;;+4. The van der Waals surface area contributed by atoms with Crippen LogP contribution >= 0.6 is 0 Å². The van der Waals surface area contributed by atoms with Gasteiger partial charge in [0, 0.05) is 59.6 Å². The fourth-order valence-corrected chi connectivity index (χ4v) is 11.9. The Morgan fingerprint density at radius 2 is 0.659 bits per heavy atom. The molecule has 2 aliphatic rings. The minimum absolute atomic E-state index is 0. The normalized spacial score (nSPS) is 12.3. The van der Waals surface area contributed by atoms with Gasteiger partial charge in [0.25, 0.3) is 0 Å². The molecule has 0 radical (unpaired) electrons. The molecule has 0 bridgehead atoms. The Morgan fingerprint density at radius 3 is 0.929 bits per heavy atom. The van der Waals surface area contributed by atoms with Gasteiger partial charge in [0.05, 0.1) is 0 Å². The third kappa shape index (κ3) is 13.2. The predicted octanol–water partition coefficient (Wildman–Crippen LogP) is 17.5. The van der Waals surface area contributed by atoms with Gasteiger partial charge < -0.3 is 15.1 Å². The number of carbonyl (C=O) groups is 2. The van der Waals surface area contributed by atoms with Crippen molar-refractivity contribution in [3.63, 3.8) is 0 Å². The Labute approximate surface area is 524 Å². The smallest absolute Gasteiger partial charge is 0.507 e. The summed E-state index contributed by atoms with van der Waals surface area (Å²) in [6.07, 6.45) is 0. The molecule has 0 fully saturated rings. The molecular formula is C78H78N2O4Zr+2. The molecule has 12 rings (SSSR count). The summed E-state index contributed by atoms with van der Waals surface area (Å²) < 4.78 is 0. The van der Waals surface area contributed by atoms with Crippen molar-refractivity contribution < 1.29 is 46.0 Å². The minimum atomic E-state index is -1.33. The molecule has 0 atom stereocenters. The summed E-state index contributed by atoms with van der Waals surface area (Å²) >= 11 is 0. The first-order valence-corrected chi connectivity index (χ1v) is 29.2. The van der Waals surface area contributed by atoms with Crippen LogP contribution in [0.15, 0.2) is 243 Å². The van der Waals surface area contributed by atoms with Crippen molar-refractivity contribution >= 4 is 11.6 Å². The molecule has 2 N–H and O–H groups in total. The molecule has 0 unspecified atom stereocenters. The van der Waals surface area contributed by atoms with Gasteiger partial charge in [-0.3, -0.25) is 14.5 Å². The summed E-state index contributed by atoms with van der Waals surface area (Å²) in [5.41, 5.74) is 12.1. The van der Waals surface area contributed by atoms with Gasteiger partial charge in [-0.15, -0.1) is 24.3 Å². The van der Waals surface area contributed by atoms with E-state index in [2.05, 4.69) is 47.9 Å². The van der Waals surface area contributed by atoms with E-state index in [9.17, 15) is 10.2 Å². The van der Waals surface area contributed by atoms with Crippen LogP contribution in [0.4, 0.5) is 0 Å². The summed E-state index contributed by atoms with van der Waals surface area (Å²) in [5.74, 6) is -0.0925. The van der Waals surface area contributed by atoms with E-state index in [4.69, 9.17) is 0 Å². The van der Waals surface area contributed by atoms with Crippen LogP contribution in [-0.4, -0.2) is 58.8 Å². The molecule has 6 nitrogen and oxygen atoms in total. The quantitative estimate of drug-likeness (QED) is 0.0884. The third-order valence-electron chi connectivity index (χ3n) is 15.5. The van der Waals surface area contributed by atoms with Crippen LogP contribution in [0.1, 0.15) is 115 Å². The van der Waals surface area contributed by atoms with Crippen LogP contribution in [0.25, 0.3) is 22.3 Å². The molecule has 10 aromatic rings. The maximum absolute atomic E-state index is 15.5. The molecular weight excluding hydrogens is 1120 g/mol. The molecule has 0 spiro atoms. The van der Waals surface area contributed by atoms with Crippen LogP contribution in [0.2, 0.25) is 0 Å². The van der Waals surface area contributed by atoms with Gasteiger partial charge in [-0.2, -0.15) is 49.2 Å². The fourth-order valence-electron chi connectivity index (χ4n) is 11.9. The molecule has 0 aromatic heterocycles. The SMILES string of the molecule is CC.CC.Cc1cc(CN(CCN(C)C)Cc2cc(C)cc(C3(C(=O)c4ccccc4)c4ccccc4-c4ccccc43)c2O)c(O)c(C2(C(=O)c3ccccc3)c3ccccc3-c3ccccc32)c1.[CH2-]c1ccccc1.[CH2-]c1ccccc1.[Zr+4]. The van der Waals surface area contributed by atoms with Gasteiger partial charge >= 0.3 is 26.2 Å². The number of rotatable bonds is 13. The number of likely N-dealkylation sites (N-methyl/N-ethyl adjacent to an activating group) is 1. The molecule has 85 heavy (non-hydrogen) atoms. The molecule has 426 valence electrons. The van der Waals surface area contributed by atoms with Crippen molar-refractivity contribution in [2.45, 2.75) is 65.5 Å². The summed E-state index contributed by atoms with van der Waals surface area (Å²) in [6, 6.07) is 78.7. The summed E-state index contributed by atoms with van der Waals surface area (Å²) in [7, 11) is 4.06. The van der Waals surface area contributed by atoms with E-state index < -0.39 is 10.8 Å². The first kappa shape index (κ1) is 64.2. The van der Waals surface area contributed by atoms with Gasteiger partial charge in [0.2, 0.25) is 0 Å². The molecule has 0 amide bonds. The van der Waals surface area contributed by atoms with E-state index in [0.29, 0.717) is 59.6 Å². The largest absolute Gasteiger partial charge is 4.00 e. The molecule has 2 aliphatic carbocycles. The zero-order valence-corrected chi connectivity index (χ0v) is 52.9. The Hall–Kier alpha value is -8.32. The number of aromatic hydroxyl groups is 2. The Bertz CT molecular complexity index is 3490. The van der Waals surface area contributed by atoms with Gasteiger partial charge in [-0.1, -0.05) is 233 Å². The van der Waals surface area contributed by atoms with Crippen molar-refractivity contribution in [1.82, 2.24) is 9.80 Å². The van der Waals surface area contributed by atoms with Crippen LogP contribution in [0.5, 0.6) is 11.5 Å². The molecule has 0 aliphatic heterocycles. The predicted molar refractivity (Wildman–Crippen MR) is 348 cm³/mol. The minimum Gasteiger partial charge on any atom is -0.507 e. The number of phenolic OH excluding ortho intramolecular Hbond substituents is 2. The number of carbonyl (C=O) groups excluding carboxylic acids is 2. The van der Waals surface area contributed by atoms with Crippen LogP contribution < -0.4 is 0 Å². The summed E-state index contributed by atoms with van der Waals surface area (Å²) in [6.45, 7) is 21.4. The topological polar surface area (TPSA) is 81.1 Å². The molecule has 10 aromatic carbocycles. The number of phenols is 2. The van der Waals surface area contributed by atoms with E-state index >= 15 is 9.59 Å². The number of Topliss-reactive ketones (excluding diaryl/α,β-unsaturated/α-hetero) is 2. The second-order valence-electron chi connectivity index (χ2n) is 21.2. The van der Waals surface area contributed by atoms with E-state index in [1.165, 1.54) is 0 Å². The van der Waals surface area contributed by atoms with Gasteiger partial charge in [-0.25, -0.2) is 0 Å². The molecule has 0 saturated heterocycles. The zero-order valence-electron chi connectivity index (χ0n) is 50.4. The average Bonchev–Trinajstić information content (AvgIpc) is 1.63. The number of hydrogen-bond donors (Lipinski definition) is 2. The van der Waals surface area contributed by atoms with Crippen molar-refractivity contribution in [2.24, 2.45) is 0 Å². The second kappa shape index (κ2) is 29.5. The summed E-state index contributed by atoms with van der Waals surface area (Å²) in [5, 5.41) is 25.8. The Morgan fingerprint density at radius 1 is 0.388 bits per heavy atom. The third-order valence-corrected chi connectivity index (χ3v) is 15.5. The Kier molecular flexibility index (Phi) is 22.3. The van der Waals surface area contributed by atoms with Gasteiger partial charge in [0.15, 0.2) is 11.6 Å². The first-order valence-electron chi connectivity index (χ1n) is 29.2. The van der Waals surface area contributed by atoms with Crippen LogP contribution in [0, 0.1) is 27.7 Å². The van der Waals surface area contributed by atoms with Crippen molar-refractivity contribution in [2.75, 3.05) is 27.2 Å². The molecule has 0 heterocycles. The number of aryl methyl sites for hydroxylation is 2. The van der Waals surface area contributed by atoms with Crippen LogP contribution in [-0.2, 0) is 50.1 Å². The average molecular weight is 1200 g/mol. The number of benzene rings is 10. The van der Waals surface area contributed by atoms with E-state index in [-0.39, 0.29) is 49.3 Å². The maximum Gasteiger partial charge on any atom is 4.00 e. The van der Waals surface area contributed by atoms with Crippen molar-refractivity contribution in [3.05, 3.63) is 334 Å². The summed E-state index contributed by atoms with van der Waals surface area (Å²) in [4.78, 5) is 35.3. The maximum atomic E-state index is 15.5. The number of hydrogen-bond acceptors (Lipinski definition) is 6. The van der Waals surface area contributed by atoms with Crippen molar-refractivity contribution in [1.29, 1.82) is 0 Å². The zero-order chi connectivity index (χ0) is 60.0. The van der Waals surface area contributed by atoms with E-state index in [1.807, 2.05) is 274 Å². The number of ketones is 2. The number of nitrogens with zero attached hydrogens (tertiary/aromatic N) is 2. The molecule has 0 saturated carbocycles. The Balaban J connectivity index is 0.000000472. The first-order chi connectivity index (χ1) is 40.8. The van der Waals surface area contributed by atoms with Gasteiger partial charge in [-0.05, 0) is 72.5 Å². The van der Waals surface area contributed by atoms with Crippen molar-refractivity contribution in [3.8, 4) is 33.8 Å². The molecule has 7 heteroatoms. The fraction of sp³-hybridized carbons (Fsp3) is 0.179. The van der Waals surface area contributed by atoms with Gasteiger partial charge in [0.1, 0.15) is 22.3 Å². The monoisotopic (exact) mass is 1200 g/mol. The second-order valence-corrected chi connectivity index (χ2v) is 21.2. The van der Waals surface area contributed by atoms with E-state index in [1.54, 1.807) is 0 Å². The number of fused-ring (bicyclic) bond motifs is 6.